The monoisotopic (exact) mass is 271 g/mol. The zero-order valence-corrected chi connectivity index (χ0v) is 10.3. The van der Waals surface area contributed by atoms with Crippen LogP contribution in [-0.4, -0.2) is 27.6 Å². The third-order valence-electron chi connectivity index (χ3n) is 2.35. The Labute approximate surface area is 114 Å². The number of hydrogen-bond acceptors (Lipinski definition) is 4. The highest BCUT2D eigenvalue weighted by molar-refractivity contribution is 6.04. The van der Waals surface area contributed by atoms with Gasteiger partial charge in [0.15, 0.2) is 5.82 Å². The molecule has 0 aliphatic rings. The SMILES string of the molecule is O=C(Nc1ccncc1F)c1ncccc1C#CCO. The summed E-state index contributed by atoms with van der Waals surface area (Å²) in [5, 5.41) is 11.1. The summed E-state index contributed by atoms with van der Waals surface area (Å²) in [6.45, 7) is -0.324. The van der Waals surface area contributed by atoms with Crippen LogP contribution in [0.3, 0.4) is 0 Å². The summed E-state index contributed by atoms with van der Waals surface area (Å²) >= 11 is 0. The van der Waals surface area contributed by atoms with Crippen LogP contribution in [0.25, 0.3) is 0 Å². The molecule has 0 atom stereocenters. The second-order valence-electron chi connectivity index (χ2n) is 3.67. The molecule has 2 N–H and O–H groups in total. The summed E-state index contributed by atoms with van der Waals surface area (Å²) < 4.78 is 13.4. The van der Waals surface area contributed by atoms with Crippen LogP contribution in [0.4, 0.5) is 10.1 Å². The number of aliphatic hydroxyl groups is 1. The molecule has 2 aromatic heterocycles. The molecule has 0 bridgehead atoms. The Morgan fingerprint density at radius 1 is 1.40 bits per heavy atom. The number of rotatable bonds is 2. The topological polar surface area (TPSA) is 75.1 Å². The van der Waals surface area contributed by atoms with Crippen LogP contribution in [0.5, 0.6) is 0 Å². The summed E-state index contributed by atoms with van der Waals surface area (Å²) in [5.41, 5.74) is 0.426. The van der Waals surface area contributed by atoms with Gasteiger partial charge in [0.1, 0.15) is 12.3 Å². The van der Waals surface area contributed by atoms with Gasteiger partial charge in [0.25, 0.3) is 5.91 Å². The van der Waals surface area contributed by atoms with E-state index in [1.807, 2.05) is 0 Å². The number of hydrogen-bond donors (Lipinski definition) is 2. The van der Waals surface area contributed by atoms with Gasteiger partial charge in [0, 0.05) is 12.4 Å². The number of amides is 1. The van der Waals surface area contributed by atoms with E-state index in [0.29, 0.717) is 5.56 Å². The Hall–Kier alpha value is -2.78. The molecule has 1 amide bonds. The molecule has 0 aromatic carbocycles. The first-order valence-electron chi connectivity index (χ1n) is 5.68. The zero-order valence-electron chi connectivity index (χ0n) is 10.3. The first kappa shape index (κ1) is 13.6. The Kier molecular flexibility index (Phi) is 4.37. The van der Waals surface area contributed by atoms with Crippen molar-refractivity contribution in [2.75, 3.05) is 11.9 Å². The van der Waals surface area contributed by atoms with Crippen LogP contribution in [0.15, 0.2) is 36.8 Å². The lowest BCUT2D eigenvalue weighted by molar-refractivity contribution is 0.102. The van der Waals surface area contributed by atoms with Crippen molar-refractivity contribution in [3.63, 3.8) is 0 Å². The van der Waals surface area contributed by atoms with Crippen LogP contribution >= 0.6 is 0 Å². The Balaban J connectivity index is 2.28. The van der Waals surface area contributed by atoms with Crippen LogP contribution in [0.2, 0.25) is 0 Å². The summed E-state index contributed by atoms with van der Waals surface area (Å²) in [6, 6.07) is 4.55. The number of aliphatic hydroxyl groups excluding tert-OH is 1. The molecule has 2 rings (SSSR count). The molecule has 2 aromatic rings. The van der Waals surface area contributed by atoms with E-state index in [9.17, 15) is 9.18 Å². The van der Waals surface area contributed by atoms with Crippen LogP contribution < -0.4 is 5.32 Å². The first-order chi connectivity index (χ1) is 9.72. The van der Waals surface area contributed by atoms with E-state index in [2.05, 4.69) is 27.1 Å². The molecule has 6 heteroatoms. The molecule has 2 heterocycles. The van der Waals surface area contributed by atoms with E-state index in [1.165, 1.54) is 18.5 Å². The van der Waals surface area contributed by atoms with Gasteiger partial charge in [0.2, 0.25) is 0 Å². The van der Waals surface area contributed by atoms with Gasteiger partial charge in [-0.2, -0.15) is 0 Å². The smallest absolute Gasteiger partial charge is 0.275 e. The van der Waals surface area contributed by atoms with Crippen molar-refractivity contribution in [1.29, 1.82) is 0 Å². The van der Waals surface area contributed by atoms with E-state index in [-0.39, 0.29) is 18.0 Å². The quantitative estimate of drug-likeness (QED) is 0.805. The number of carbonyl (C=O) groups is 1. The molecule has 0 fully saturated rings. The van der Waals surface area contributed by atoms with Gasteiger partial charge >= 0.3 is 0 Å². The first-order valence-corrected chi connectivity index (χ1v) is 5.68. The molecule has 0 unspecified atom stereocenters. The molecule has 0 spiro atoms. The van der Waals surface area contributed by atoms with Gasteiger partial charge in [0.05, 0.1) is 17.4 Å². The van der Waals surface area contributed by atoms with Crippen molar-refractivity contribution in [3.8, 4) is 11.8 Å². The number of halogens is 1. The maximum atomic E-state index is 13.4. The normalized spacial score (nSPS) is 9.50. The largest absolute Gasteiger partial charge is 0.384 e. The summed E-state index contributed by atoms with van der Waals surface area (Å²) in [4.78, 5) is 19.6. The standard InChI is InChI=1S/C14H10FN3O2/c15-11-9-16-7-5-12(11)18-14(20)13-10(4-2-8-19)3-1-6-17-13/h1,3,5-7,9,19H,8H2,(H,16,18,20). The number of aromatic nitrogens is 2. The van der Waals surface area contributed by atoms with Gasteiger partial charge in [-0.15, -0.1) is 0 Å². The second-order valence-corrected chi connectivity index (χ2v) is 3.67. The van der Waals surface area contributed by atoms with Crippen molar-refractivity contribution in [2.24, 2.45) is 0 Å². The average molecular weight is 271 g/mol. The number of carbonyl (C=O) groups excluding carboxylic acids is 1. The van der Waals surface area contributed by atoms with Crippen molar-refractivity contribution < 1.29 is 14.3 Å². The van der Waals surface area contributed by atoms with E-state index >= 15 is 0 Å². The number of anilines is 1. The fourth-order valence-corrected chi connectivity index (χ4v) is 1.48. The zero-order chi connectivity index (χ0) is 14.4. The molecule has 0 aliphatic carbocycles. The van der Waals surface area contributed by atoms with Gasteiger partial charge < -0.3 is 10.4 Å². The minimum atomic E-state index is -0.639. The Bertz CT molecular complexity index is 692. The fourth-order valence-electron chi connectivity index (χ4n) is 1.48. The van der Waals surface area contributed by atoms with Gasteiger partial charge in [-0.1, -0.05) is 11.8 Å². The molecule has 0 radical (unpaired) electrons. The van der Waals surface area contributed by atoms with E-state index in [4.69, 9.17) is 5.11 Å². The van der Waals surface area contributed by atoms with Crippen molar-refractivity contribution in [3.05, 3.63) is 53.9 Å². The lowest BCUT2D eigenvalue weighted by Gasteiger charge is -2.06. The van der Waals surface area contributed by atoms with Gasteiger partial charge in [-0.3, -0.25) is 9.78 Å². The Morgan fingerprint density at radius 3 is 3.00 bits per heavy atom. The van der Waals surface area contributed by atoms with Crippen molar-refractivity contribution in [2.45, 2.75) is 0 Å². The molecule has 0 aliphatic heterocycles. The van der Waals surface area contributed by atoms with E-state index in [0.717, 1.165) is 6.20 Å². The van der Waals surface area contributed by atoms with Crippen LogP contribution in [0, 0.1) is 17.7 Å². The minimum absolute atomic E-state index is 0.0109. The van der Waals surface area contributed by atoms with Crippen molar-refractivity contribution in [1.82, 2.24) is 9.97 Å². The predicted octanol–water partition coefficient (Wildman–Crippen LogP) is 1.21. The minimum Gasteiger partial charge on any atom is -0.384 e. The molecule has 5 nitrogen and oxygen atoms in total. The maximum absolute atomic E-state index is 13.4. The molecule has 0 saturated carbocycles. The van der Waals surface area contributed by atoms with Crippen LogP contribution in [-0.2, 0) is 0 Å². The molecular formula is C14H10FN3O2. The number of nitrogens with one attached hydrogen (secondary N) is 1. The molecule has 100 valence electrons. The highest BCUT2D eigenvalue weighted by atomic mass is 19.1. The Morgan fingerprint density at radius 2 is 2.25 bits per heavy atom. The van der Waals surface area contributed by atoms with E-state index < -0.39 is 11.7 Å². The van der Waals surface area contributed by atoms with Gasteiger partial charge in [-0.25, -0.2) is 9.37 Å². The molecular weight excluding hydrogens is 261 g/mol. The third-order valence-corrected chi connectivity index (χ3v) is 2.35. The predicted molar refractivity (Wildman–Crippen MR) is 70.3 cm³/mol. The van der Waals surface area contributed by atoms with Gasteiger partial charge in [-0.05, 0) is 18.2 Å². The fraction of sp³-hybridized carbons (Fsp3) is 0.0714. The van der Waals surface area contributed by atoms with Crippen molar-refractivity contribution >= 4 is 11.6 Å². The second kappa shape index (κ2) is 6.41. The highest BCUT2D eigenvalue weighted by Gasteiger charge is 2.13. The average Bonchev–Trinajstić information content (AvgIpc) is 2.47. The number of nitrogens with zero attached hydrogens (tertiary/aromatic N) is 2. The molecule has 0 saturated heterocycles. The summed E-state index contributed by atoms with van der Waals surface area (Å²) in [6.07, 6.45) is 3.80. The molecule has 20 heavy (non-hydrogen) atoms. The van der Waals surface area contributed by atoms with E-state index in [1.54, 1.807) is 12.1 Å². The lowest BCUT2D eigenvalue weighted by atomic mass is 10.2. The summed E-state index contributed by atoms with van der Waals surface area (Å²) in [5.74, 6) is 3.83. The number of pyridine rings is 2. The van der Waals surface area contributed by atoms with Crippen LogP contribution in [0.1, 0.15) is 16.1 Å². The summed E-state index contributed by atoms with van der Waals surface area (Å²) in [7, 11) is 0. The lowest BCUT2D eigenvalue weighted by Crippen LogP contribution is -2.16. The highest BCUT2D eigenvalue weighted by Crippen LogP contribution is 2.13. The third kappa shape index (κ3) is 3.16. The maximum Gasteiger partial charge on any atom is 0.275 e.